The van der Waals surface area contributed by atoms with Gasteiger partial charge in [0.25, 0.3) is 0 Å². The van der Waals surface area contributed by atoms with E-state index in [0.717, 1.165) is 34.6 Å². The second kappa shape index (κ2) is 9.57. The Morgan fingerprint density at radius 3 is 2.40 bits per heavy atom. The quantitative estimate of drug-likeness (QED) is 0.724. The van der Waals surface area contributed by atoms with Crippen molar-refractivity contribution in [2.24, 2.45) is 0 Å². The number of hydrogen-bond acceptors (Lipinski definition) is 3. The lowest BCUT2D eigenvalue weighted by molar-refractivity contribution is 0.236. The van der Waals surface area contributed by atoms with Crippen molar-refractivity contribution in [3.63, 3.8) is 0 Å². The number of carbonyl (C=O) groups excluding carboxylic acids is 1. The molecule has 134 valence electrons. The summed E-state index contributed by atoms with van der Waals surface area (Å²) in [5, 5.41) is 5.64. The molecule has 0 bridgehead atoms. The van der Waals surface area contributed by atoms with Gasteiger partial charge in [0, 0.05) is 6.54 Å². The number of benzene rings is 2. The normalized spacial score (nSPS) is 10.2. The molecule has 0 atom stereocenters. The number of ether oxygens (including phenoxy) is 2. The molecule has 2 aromatic carbocycles. The molecule has 0 radical (unpaired) electrons. The zero-order valence-electron chi connectivity index (χ0n) is 15.1. The number of carbonyl (C=O) groups is 1. The van der Waals surface area contributed by atoms with E-state index in [-0.39, 0.29) is 6.03 Å². The molecule has 2 rings (SSSR count). The first-order valence-electron chi connectivity index (χ1n) is 8.44. The molecule has 5 heteroatoms. The SMILES string of the molecule is COc1cccc(CCNC(=O)NCCOc2c(C)cccc2C)c1. The Kier molecular flexibility index (Phi) is 7.14. The van der Waals surface area contributed by atoms with Gasteiger partial charge in [-0.3, -0.25) is 0 Å². The molecule has 25 heavy (non-hydrogen) atoms. The van der Waals surface area contributed by atoms with Crippen LogP contribution in [0.3, 0.4) is 0 Å². The monoisotopic (exact) mass is 342 g/mol. The van der Waals surface area contributed by atoms with Crippen molar-refractivity contribution in [1.29, 1.82) is 0 Å². The highest BCUT2D eigenvalue weighted by Crippen LogP contribution is 2.21. The third-order valence-corrected chi connectivity index (χ3v) is 3.88. The highest BCUT2D eigenvalue weighted by atomic mass is 16.5. The summed E-state index contributed by atoms with van der Waals surface area (Å²) in [7, 11) is 1.64. The molecule has 0 unspecified atom stereocenters. The van der Waals surface area contributed by atoms with Gasteiger partial charge < -0.3 is 20.1 Å². The average molecular weight is 342 g/mol. The summed E-state index contributed by atoms with van der Waals surface area (Å²) in [4.78, 5) is 11.8. The van der Waals surface area contributed by atoms with Crippen LogP contribution in [0.15, 0.2) is 42.5 Å². The molecule has 2 aromatic rings. The van der Waals surface area contributed by atoms with E-state index in [0.29, 0.717) is 19.7 Å². The fraction of sp³-hybridized carbons (Fsp3) is 0.350. The first kappa shape index (κ1) is 18.6. The maximum absolute atomic E-state index is 11.8. The Balaban J connectivity index is 1.64. The highest BCUT2D eigenvalue weighted by Gasteiger charge is 2.04. The van der Waals surface area contributed by atoms with Gasteiger partial charge in [-0.15, -0.1) is 0 Å². The number of urea groups is 1. The minimum absolute atomic E-state index is 0.187. The lowest BCUT2D eigenvalue weighted by atomic mass is 10.1. The Morgan fingerprint density at radius 1 is 1.00 bits per heavy atom. The van der Waals surface area contributed by atoms with E-state index in [1.54, 1.807) is 7.11 Å². The van der Waals surface area contributed by atoms with Crippen LogP contribution in [0.5, 0.6) is 11.5 Å². The predicted octanol–water partition coefficient (Wildman–Crippen LogP) is 3.23. The molecule has 5 nitrogen and oxygen atoms in total. The lowest BCUT2D eigenvalue weighted by Crippen LogP contribution is -2.38. The van der Waals surface area contributed by atoms with E-state index in [1.807, 2.05) is 56.3 Å². The molecule has 0 aliphatic carbocycles. The smallest absolute Gasteiger partial charge is 0.314 e. The first-order chi connectivity index (χ1) is 12.1. The Labute approximate surface area is 149 Å². The van der Waals surface area contributed by atoms with E-state index in [1.165, 1.54) is 0 Å². The fourth-order valence-electron chi connectivity index (χ4n) is 2.56. The van der Waals surface area contributed by atoms with Crippen LogP contribution in [-0.4, -0.2) is 32.8 Å². The largest absolute Gasteiger partial charge is 0.497 e. The Morgan fingerprint density at radius 2 is 1.68 bits per heavy atom. The fourth-order valence-corrected chi connectivity index (χ4v) is 2.56. The van der Waals surface area contributed by atoms with E-state index in [9.17, 15) is 4.79 Å². The number of amides is 2. The van der Waals surface area contributed by atoms with Gasteiger partial charge in [-0.05, 0) is 49.1 Å². The summed E-state index contributed by atoms with van der Waals surface area (Å²) >= 11 is 0. The lowest BCUT2D eigenvalue weighted by Gasteiger charge is -2.12. The number of nitrogens with one attached hydrogen (secondary N) is 2. The first-order valence-corrected chi connectivity index (χ1v) is 8.44. The predicted molar refractivity (Wildman–Crippen MR) is 99.5 cm³/mol. The van der Waals surface area contributed by atoms with Gasteiger partial charge in [-0.25, -0.2) is 4.79 Å². The minimum Gasteiger partial charge on any atom is -0.497 e. The van der Waals surface area contributed by atoms with Crippen molar-refractivity contribution in [2.75, 3.05) is 26.8 Å². The second-order valence-corrected chi connectivity index (χ2v) is 5.85. The van der Waals surface area contributed by atoms with Crippen molar-refractivity contribution < 1.29 is 14.3 Å². The molecule has 2 N–H and O–H groups in total. The van der Waals surface area contributed by atoms with Crippen molar-refractivity contribution in [3.05, 3.63) is 59.2 Å². The number of hydrogen-bond donors (Lipinski definition) is 2. The van der Waals surface area contributed by atoms with Crippen LogP contribution < -0.4 is 20.1 Å². The van der Waals surface area contributed by atoms with Gasteiger partial charge in [-0.1, -0.05) is 30.3 Å². The summed E-state index contributed by atoms with van der Waals surface area (Å²) in [5.41, 5.74) is 3.32. The Hall–Kier alpha value is -2.69. The Bertz CT molecular complexity index is 681. The molecular formula is C20H26N2O3. The summed E-state index contributed by atoms with van der Waals surface area (Å²) in [5.74, 6) is 1.72. The molecule has 0 aliphatic heterocycles. The summed E-state index contributed by atoms with van der Waals surface area (Å²) < 4.78 is 10.9. The van der Waals surface area contributed by atoms with E-state index >= 15 is 0 Å². The minimum atomic E-state index is -0.187. The molecule has 0 aromatic heterocycles. The van der Waals surface area contributed by atoms with Crippen LogP contribution in [-0.2, 0) is 6.42 Å². The molecule has 0 spiro atoms. The highest BCUT2D eigenvalue weighted by molar-refractivity contribution is 5.73. The molecular weight excluding hydrogens is 316 g/mol. The third-order valence-electron chi connectivity index (χ3n) is 3.88. The van der Waals surface area contributed by atoms with Gasteiger partial charge in [-0.2, -0.15) is 0 Å². The van der Waals surface area contributed by atoms with Crippen molar-refractivity contribution in [2.45, 2.75) is 20.3 Å². The van der Waals surface area contributed by atoms with E-state index in [4.69, 9.17) is 9.47 Å². The van der Waals surface area contributed by atoms with Crippen LogP contribution in [0.4, 0.5) is 4.79 Å². The molecule has 0 heterocycles. The second-order valence-electron chi connectivity index (χ2n) is 5.85. The van der Waals surface area contributed by atoms with Gasteiger partial charge >= 0.3 is 6.03 Å². The van der Waals surface area contributed by atoms with Gasteiger partial charge in [0.15, 0.2) is 0 Å². The maximum atomic E-state index is 11.8. The van der Waals surface area contributed by atoms with Gasteiger partial charge in [0.1, 0.15) is 18.1 Å². The summed E-state index contributed by atoms with van der Waals surface area (Å²) in [6.07, 6.45) is 0.753. The van der Waals surface area contributed by atoms with Crippen molar-refractivity contribution >= 4 is 6.03 Å². The standard InChI is InChI=1S/C20H26N2O3/c1-15-6-4-7-16(2)19(15)25-13-12-22-20(23)21-11-10-17-8-5-9-18(14-17)24-3/h4-9,14H,10-13H2,1-3H3,(H2,21,22,23). The zero-order valence-corrected chi connectivity index (χ0v) is 15.1. The molecule has 0 aliphatic rings. The average Bonchev–Trinajstić information content (AvgIpc) is 2.61. The summed E-state index contributed by atoms with van der Waals surface area (Å²) in [6, 6.07) is 13.7. The van der Waals surface area contributed by atoms with Crippen LogP contribution in [0.2, 0.25) is 0 Å². The summed E-state index contributed by atoms with van der Waals surface area (Å²) in [6.45, 7) is 5.49. The molecule has 2 amide bonds. The van der Waals surface area contributed by atoms with Crippen LogP contribution in [0.1, 0.15) is 16.7 Å². The van der Waals surface area contributed by atoms with Gasteiger partial charge in [0.2, 0.25) is 0 Å². The van der Waals surface area contributed by atoms with Crippen molar-refractivity contribution in [3.8, 4) is 11.5 Å². The van der Waals surface area contributed by atoms with E-state index in [2.05, 4.69) is 10.6 Å². The molecule has 0 saturated carbocycles. The van der Waals surface area contributed by atoms with Crippen LogP contribution in [0.25, 0.3) is 0 Å². The van der Waals surface area contributed by atoms with Crippen molar-refractivity contribution in [1.82, 2.24) is 10.6 Å². The van der Waals surface area contributed by atoms with Crippen LogP contribution >= 0.6 is 0 Å². The van der Waals surface area contributed by atoms with Gasteiger partial charge in [0.05, 0.1) is 13.7 Å². The molecule has 0 saturated heterocycles. The zero-order chi connectivity index (χ0) is 18.1. The molecule has 0 fully saturated rings. The number of rotatable bonds is 8. The number of para-hydroxylation sites is 1. The number of aryl methyl sites for hydroxylation is 2. The van der Waals surface area contributed by atoms with E-state index < -0.39 is 0 Å². The third kappa shape index (κ3) is 6.03. The topological polar surface area (TPSA) is 59.6 Å². The number of methoxy groups -OCH3 is 1. The maximum Gasteiger partial charge on any atom is 0.314 e. The van der Waals surface area contributed by atoms with Crippen LogP contribution in [0, 0.1) is 13.8 Å².